The molecule has 2 aliphatic rings. The molecule has 10 heteroatoms. The minimum absolute atomic E-state index is 0.147. The van der Waals surface area contributed by atoms with E-state index in [2.05, 4.69) is 28.3 Å². The van der Waals surface area contributed by atoms with Crippen LogP contribution < -0.4 is 5.56 Å². The Morgan fingerprint density at radius 2 is 2.14 bits per heavy atom. The summed E-state index contributed by atoms with van der Waals surface area (Å²) < 4.78 is 27.9. The van der Waals surface area contributed by atoms with Gasteiger partial charge in [-0.05, 0) is 36.8 Å². The molecule has 158 valence electrons. The largest absolute Gasteiger partial charge is 0.309 e. The molecule has 0 radical (unpaired) electrons. The molecule has 1 saturated heterocycles. The highest BCUT2D eigenvalue weighted by Crippen LogP contribution is 2.33. The van der Waals surface area contributed by atoms with Crippen molar-refractivity contribution in [1.82, 2.24) is 23.5 Å². The van der Waals surface area contributed by atoms with Gasteiger partial charge in [0.05, 0.1) is 17.3 Å². The maximum absolute atomic E-state index is 12.8. The van der Waals surface area contributed by atoms with Crippen LogP contribution in [0.3, 0.4) is 0 Å². The van der Waals surface area contributed by atoms with E-state index >= 15 is 0 Å². The van der Waals surface area contributed by atoms with Crippen molar-refractivity contribution in [3.63, 3.8) is 0 Å². The molecule has 8 nitrogen and oxygen atoms in total. The number of nitrogens with zero attached hydrogens (tertiary/aromatic N) is 4. The molecule has 0 aromatic carbocycles. The van der Waals surface area contributed by atoms with Crippen molar-refractivity contribution >= 4 is 21.5 Å². The van der Waals surface area contributed by atoms with E-state index in [1.54, 1.807) is 11.3 Å². The fraction of sp³-hybridized carbons (Fsp3) is 0.579. The van der Waals surface area contributed by atoms with Crippen LogP contribution in [0.25, 0.3) is 0 Å². The lowest BCUT2D eigenvalue weighted by Gasteiger charge is -2.29. The third kappa shape index (κ3) is 3.91. The topological polar surface area (TPSA) is 89.6 Å². The predicted molar refractivity (Wildman–Crippen MR) is 113 cm³/mol. The minimum Gasteiger partial charge on any atom is -0.309 e. The predicted octanol–water partition coefficient (Wildman–Crippen LogP) is 1.64. The van der Waals surface area contributed by atoms with Crippen molar-refractivity contribution in [2.24, 2.45) is 0 Å². The van der Waals surface area contributed by atoms with Gasteiger partial charge in [0.1, 0.15) is 5.82 Å². The van der Waals surface area contributed by atoms with Crippen LogP contribution in [0.5, 0.6) is 0 Å². The monoisotopic (exact) mass is 437 g/mol. The first-order valence-corrected chi connectivity index (χ1v) is 12.1. The summed E-state index contributed by atoms with van der Waals surface area (Å²) in [5.41, 5.74) is 2.64. The molecule has 1 atom stereocenters. The molecule has 4 rings (SSSR count). The number of hydrogen-bond acceptors (Lipinski definition) is 6. The second-order valence-electron chi connectivity index (χ2n) is 7.92. The first-order chi connectivity index (χ1) is 13.8. The maximum atomic E-state index is 12.8. The number of H-pyrrole nitrogens is 1. The van der Waals surface area contributed by atoms with Crippen LogP contribution in [0.15, 0.2) is 16.2 Å². The van der Waals surface area contributed by atoms with E-state index in [0.717, 1.165) is 25.2 Å². The maximum Gasteiger partial charge on any atom is 0.282 e. The molecule has 0 saturated carbocycles. The van der Waals surface area contributed by atoms with Gasteiger partial charge in [0.2, 0.25) is 0 Å². The number of nitrogens with one attached hydrogen (secondary N) is 1. The summed E-state index contributed by atoms with van der Waals surface area (Å²) in [7, 11) is -0.502. The van der Waals surface area contributed by atoms with Crippen LogP contribution in [0, 0.1) is 6.92 Å². The average Bonchev–Trinajstić information content (AvgIpc) is 3.32. The number of thiophene rings is 1. The van der Waals surface area contributed by atoms with Crippen LogP contribution in [0.2, 0.25) is 0 Å². The molecule has 2 aliphatic heterocycles. The molecule has 1 N–H and O–H groups in total. The molecule has 4 heterocycles. The summed E-state index contributed by atoms with van der Waals surface area (Å²) in [5, 5.41) is 2.10. The Bertz CT molecular complexity index is 1060. The number of aryl methyl sites for hydroxylation is 1. The fourth-order valence-corrected chi connectivity index (χ4v) is 6.32. The normalized spacial score (nSPS) is 21.0. The van der Waals surface area contributed by atoms with Crippen molar-refractivity contribution in [2.75, 3.05) is 27.2 Å². The molecule has 0 unspecified atom stereocenters. The van der Waals surface area contributed by atoms with Crippen LogP contribution in [-0.2, 0) is 29.7 Å². The van der Waals surface area contributed by atoms with Crippen molar-refractivity contribution in [1.29, 1.82) is 0 Å². The third-order valence-electron chi connectivity index (χ3n) is 5.78. The second-order valence-corrected chi connectivity index (χ2v) is 11.0. The van der Waals surface area contributed by atoms with Crippen LogP contribution in [0.1, 0.15) is 46.4 Å². The van der Waals surface area contributed by atoms with E-state index in [1.807, 2.05) is 0 Å². The Labute approximate surface area is 175 Å². The highest BCUT2D eigenvalue weighted by Gasteiger charge is 2.38. The van der Waals surface area contributed by atoms with Gasteiger partial charge >= 0.3 is 0 Å². The Morgan fingerprint density at radius 1 is 1.34 bits per heavy atom. The first-order valence-electron chi connectivity index (χ1n) is 9.84. The van der Waals surface area contributed by atoms with Crippen molar-refractivity contribution in [2.45, 2.75) is 45.3 Å². The van der Waals surface area contributed by atoms with Crippen LogP contribution in [-0.4, -0.2) is 59.1 Å². The van der Waals surface area contributed by atoms with E-state index in [9.17, 15) is 13.2 Å². The lowest BCUT2D eigenvalue weighted by molar-refractivity contribution is 0.242. The van der Waals surface area contributed by atoms with E-state index in [1.165, 1.54) is 33.1 Å². The number of aromatic amines is 1. The van der Waals surface area contributed by atoms with Gasteiger partial charge in [0.15, 0.2) is 0 Å². The third-order valence-corrected chi connectivity index (χ3v) is 8.74. The van der Waals surface area contributed by atoms with Crippen molar-refractivity contribution in [3.8, 4) is 0 Å². The number of aromatic nitrogens is 2. The Hall–Kier alpha value is -1.59. The number of hydrogen-bond donors (Lipinski definition) is 1. The number of rotatable bonds is 5. The summed E-state index contributed by atoms with van der Waals surface area (Å²) in [6.07, 6.45) is 2.12. The summed E-state index contributed by atoms with van der Waals surface area (Å²) in [4.78, 5) is 24.1. The molecule has 0 aliphatic carbocycles. The van der Waals surface area contributed by atoms with Gasteiger partial charge in [0, 0.05) is 51.6 Å². The highest BCUT2D eigenvalue weighted by atomic mass is 32.2. The lowest BCUT2D eigenvalue weighted by Crippen LogP contribution is -2.41. The second kappa shape index (κ2) is 7.92. The van der Waals surface area contributed by atoms with Gasteiger partial charge in [-0.25, -0.2) is 4.98 Å². The quantitative estimate of drug-likeness (QED) is 0.768. The molecule has 29 heavy (non-hydrogen) atoms. The average molecular weight is 438 g/mol. The first kappa shape index (κ1) is 20.7. The molecule has 2 aromatic rings. The molecule has 0 spiro atoms. The summed E-state index contributed by atoms with van der Waals surface area (Å²) in [6, 6.07) is 1.71. The van der Waals surface area contributed by atoms with Gasteiger partial charge < -0.3 is 4.98 Å². The smallest absolute Gasteiger partial charge is 0.282 e. The molecular weight excluding hydrogens is 410 g/mol. The Kier molecular flexibility index (Phi) is 5.64. The SMILES string of the molecule is Cc1ccsc1CN1CCc2nc([C@H]3CCCN3S(=O)(=O)N(C)C)[nH]c(=O)c2C1. The van der Waals surface area contributed by atoms with E-state index in [4.69, 9.17) is 4.98 Å². The highest BCUT2D eigenvalue weighted by molar-refractivity contribution is 7.86. The van der Waals surface area contributed by atoms with Gasteiger partial charge in [-0.15, -0.1) is 11.3 Å². The van der Waals surface area contributed by atoms with Gasteiger partial charge in [-0.2, -0.15) is 17.0 Å². The fourth-order valence-electron chi connectivity index (χ4n) is 4.06. The Morgan fingerprint density at radius 3 is 2.83 bits per heavy atom. The van der Waals surface area contributed by atoms with Crippen LogP contribution >= 0.6 is 11.3 Å². The molecular formula is C19H27N5O3S2. The lowest BCUT2D eigenvalue weighted by atomic mass is 10.1. The summed E-state index contributed by atoms with van der Waals surface area (Å²) in [6.45, 7) is 4.80. The van der Waals surface area contributed by atoms with Gasteiger partial charge in [-0.3, -0.25) is 9.69 Å². The molecule has 2 aromatic heterocycles. The number of fused-ring (bicyclic) bond motifs is 1. The molecule has 0 amide bonds. The zero-order valence-electron chi connectivity index (χ0n) is 17.0. The van der Waals surface area contributed by atoms with E-state index in [-0.39, 0.29) is 5.56 Å². The standard InChI is InChI=1S/C19H27N5O3S2/c1-13-7-10-28-17(13)12-23-9-6-15-14(11-23)19(25)21-18(20-15)16-5-4-8-24(16)29(26,27)22(2)3/h7,10,16H,4-6,8-9,11-12H2,1-3H3,(H,20,21,25)/t16-/m1/s1. The van der Waals surface area contributed by atoms with E-state index in [0.29, 0.717) is 37.3 Å². The Balaban J connectivity index is 1.58. The summed E-state index contributed by atoms with van der Waals surface area (Å²) >= 11 is 1.74. The van der Waals surface area contributed by atoms with Crippen molar-refractivity contribution < 1.29 is 8.42 Å². The van der Waals surface area contributed by atoms with E-state index < -0.39 is 16.3 Å². The summed E-state index contributed by atoms with van der Waals surface area (Å²) in [5.74, 6) is 0.472. The minimum atomic E-state index is -3.55. The van der Waals surface area contributed by atoms with Gasteiger partial charge in [-0.1, -0.05) is 0 Å². The zero-order chi connectivity index (χ0) is 20.8. The molecule has 1 fully saturated rings. The van der Waals surface area contributed by atoms with Crippen molar-refractivity contribution in [3.05, 3.63) is 49.3 Å². The zero-order valence-corrected chi connectivity index (χ0v) is 18.6. The molecule has 0 bridgehead atoms. The van der Waals surface area contributed by atoms with Gasteiger partial charge in [0.25, 0.3) is 15.8 Å². The van der Waals surface area contributed by atoms with Crippen LogP contribution in [0.4, 0.5) is 0 Å².